The van der Waals surface area contributed by atoms with E-state index < -0.39 is 5.60 Å². The first-order valence-corrected chi connectivity index (χ1v) is 4.61. The van der Waals surface area contributed by atoms with E-state index in [1.807, 2.05) is 0 Å². The summed E-state index contributed by atoms with van der Waals surface area (Å²) in [6.45, 7) is 4.13. The third-order valence-corrected chi connectivity index (χ3v) is 3.99. The van der Waals surface area contributed by atoms with Gasteiger partial charge in [-0.05, 0) is 31.1 Å². The highest BCUT2D eigenvalue weighted by atomic mass is 16.3. The minimum Gasteiger partial charge on any atom is -0.388 e. The number of hydrogen-bond acceptors (Lipinski definition) is 2. The van der Waals surface area contributed by atoms with Crippen LogP contribution in [0.4, 0.5) is 0 Å². The first-order chi connectivity index (χ1) is 5.47. The van der Waals surface area contributed by atoms with E-state index in [0.29, 0.717) is 0 Å². The average molecular weight is 165 g/mol. The molecule has 1 atom stereocenters. The molecule has 2 nitrogen and oxygen atoms in total. The molecule has 0 aromatic rings. The Morgan fingerprint density at radius 2 is 1.75 bits per heavy atom. The average Bonchev–Trinajstić information content (AvgIpc) is 2.81. The third kappa shape index (κ3) is 0.641. The molecule has 0 aromatic heterocycles. The van der Waals surface area contributed by atoms with Crippen molar-refractivity contribution in [1.29, 1.82) is 5.26 Å². The molecule has 0 saturated heterocycles. The van der Waals surface area contributed by atoms with E-state index in [-0.39, 0.29) is 10.8 Å². The maximum Gasteiger partial charge on any atom is 0.0884 e. The zero-order chi connectivity index (χ0) is 9.04. The van der Waals surface area contributed by atoms with Crippen molar-refractivity contribution in [2.24, 2.45) is 10.8 Å². The van der Waals surface area contributed by atoms with Crippen LogP contribution in [0.5, 0.6) is 0 Å². The summed E-state index contributed by atoms with van der Waals surface area (Å²) in [6, 6.07) is 2.30. The Labute approximate surface area is 73.2 Å². The summed E-state index contributed by atoms with van der Waals surface area (Å²) in [5.74, 6) is 0. The van der Waals surface area contributed by atoms with Gasteiger partial charge in [-0.3, -0.25) is 0 Å². The van der Waals surface area contributed by atoms with E-state index in [1.165, 1.54) is 0 Å². The molecule has 1 N–H and O–H groups in total. The van der Waals surface area contributed by atoms with E-state index in [1.54, 1.807) is 0 Å². The molecule has 2 fully saturated rings. The molecule has 2 aliphatic rings. The Morgan fingerprint density at radius 1 is 1.17 bits per heavy atom. The van der Waals surface area contributed by atoms with Gasteiger partial charge in [0.1, 0.15) is 0 Å². The quantitative estimate of drug-likeness (QED) is 0.644. The fourth-order valence-corrected chi connectivity index (χ4v) is 2.49. The Balaban J connectivity index is 2.30. The Morgan fingerprint density at radius 3 is 1.83 bits per heavy atom. The van der Waals surface area contributed by atoms with Crippen LogP contribution in [0.3, 0.4) is 0 Å². The van der Waals surface area contributed by atoms with Crippen molar-refractivity contribution in [3.63, 3.8) is 0 Å². The van der Waals surface area contributed by atoms with Crippen LogP contribution in [0.1, 0.15) is 39.5 Å². The molecule has 0 bridgehead atoms. The Kier molecular flexibility index (Phi) is 1.24. The molecule has 2 aliphatic carbocycles. The van der Waals surface area contributed by atoms with Crippen LogP contribution >= 0.6 is 0 Å². The molecular formula is C10H15NO. The fourth-order valence-electron chi connectivity index (χ4n) is 2.49. The zero-order valence-corrected chi connectivity index (χ0v) is 7.72. The fraction of sp³-hybridized carbons (Fsp3) is 0.900. The molecular weight excluding hydrogens is 150 g/mol. The lowest BCUT2D eigenvalue weighted by molar-refractivity contribution is -0.181. The lowest BCUT2D eigenvalue weighted by atomic mass is 9.53. The largest absolute Gasteiger partial charge is 0.388 e. The van der Waals surface area contributed by atoms with Crippen LogP contribution in [0.25, 0.3) is 0 Å². The topological polar surface area (TPSA) is 44.0 Å². The lowest BCUT2D eigenvalue weighted by Gasteiger charge is -2.55. The van der Waals surface area contributed by atoms with E-state index in [4.69, 9.17) is 5.26 Å². The predicted octanol–water partition coefficient (Wildman–Crippen LogP) is 1.84. The normalized spacial score (nSPS) is 41.2. The Bertz CT molecular complexity index is 260. The maximum atomic E-state index is 10.3. The van der Waals surface area contributed by atoms with Crippen molar-refractivity contribution in [1.82, 2.24) is 0 Å². The van der Waals surface area contributed by atoms with Gasteiger partial charge >= 0.3 is 0 Å². The van der Waals surface area contributed by atoms with Crippen molar-refractivity contribution in [3.8, 4) is 6.07 Å². The summed E-state index contributed by atoms with van der Waals surface area (Å²) in [5, 5.41) is 19.3. The molecule has 12 heavy (non-hydrogen) atoms. The second-order valence-corrected chi connectivity index (χ2v) is 4.94. The third-order valence-electron chi connectivity index (χ3n) is 3.99. The van der Waals surface area contributed by atoms with Gasteiger partial charge in [0.05, 0.1) is 17.1 Å². The van der Waals surface area contributed by atoms with Gasteiger partial charge in [-0.25, -0.2) is 0 Å². The van der Waals surface area contributed by atoms with Crippen LogP contribution in [0, 0.1) is 22.2 Å². The standard InChI is InChI=1S/C10H15NO/c1-8(2)3-6-10(8,12)9(7-11)4-5-9/h12H,3-6H2,1-2H3. The monoisotopic (exact) mass is 165 g/mol. The van der Waals surface area contributed by atoms with Gasteiger partial charge < -0.3 is 5.11 Å². The first kappa shape index (κ1) is 8.07. The number of aliphatic hydroxyl groups is 1. The maximum absolute atomic E-state index is 10.3. The number of rotatable bonds is 1. The summed E-state index contributed by atoms with van der Waals surface area (Å²) in [6.07, 6.45) is 3.65. The van der Waals surface area contributed by atoms with Gasteiger partial charge in [0.2, 0.25) is 0 Å². The van der Waals surface area contributed by atoms with Crippen LogP contribution in [0.15, 0.2) is 0 Å². The molecule has 2 heteroatoms. The van der Waals surface area contributed by atoms with E-state index in [9.17, 15) is 5.11 Å². The molecule has 0 spiro atoms. The summed E-state index contributed by atoms with van der Waals surface area (Å²) >= 11 is 0. The van der Waals surface area contributed by atoms with Crippen LogP contribution < -0.4 is 0 Å². The molecule has 0 aliphatic heterocycles. The lowest BCUT2D eigenvalue weighted by Crippen LogP contribution is -2.59. The van der Waals surface area contributed by atoms with Crippen molar-refractivity contribution in [2.45, 2.75) is 45.1 Å². The highest BCUT2D eigenvalue weighted by Gasteiger charge is 2.69. The minimum absolute atomic E-state index is 0.0424. The molecule has 0 radical (unpaired) electrons. The van der Waals surface area contributed by atoms with Gasteiger partial charge in [-0.2, -0.15) is 5.26 Å². The molecule has 2 rings (SSSR count). The molecule has 66 valence electrons. The van der Waals surface area contributed by atoms with Crippen LogP contribution in [-0.2, 0) is 0 Å². The predicted molar refractivity (Wildman–Crippen MR) is 45.2 cm³/mol. The van der Waals surface area contributed by atoms with Crippen LogP contribution in [-0.4, -0.2) is 10.7 Å². The van der Waals surface area contributed by atoms with Gasteiger partial charge in [0, 0.05) is 0 Å². The Hall–Kier alpha value is -0.550. The van der Waals surface area contributed by atoms with Gasteiger partial charge in [-0.15, -0.1) is 0 Å². The minimum atomic E-state index is -0.686. The second kappa shape index (κ2) is 1.85. The van der Waals surface area contributed by atoms with Gasteiger partial charge in [-0.1, -0.05) is 13.8 Å². The summed E-state index contributed by atoms with van der Waals surface area (Å²) in [7, 11) is 0. The smallest absolute Gasteiger partial charge is 0.0884 e. The van der Waals surface area contributed by atoms with Crippen molar-refractivity contribution in [2.75, 3.05) is 0 Å². The summed E-state index contributed by atoms with van der Waals surface area (Å²) < 4.78 is 0. The second-order valence-electron chi connectivity index (χ2n) is 4.94. The number of nitrogens with zero attached hydrogens (tertiary/aromatic N) is 1. The van der Waals surface area contributed by atoms with E-state index >= 15 is 0 Å². The van der Waals surface area contributed by atoms with Gasteiger partial charge in [0.25, 0.3) is 0 Å². The highest BCUT2D eigenvalue weighted by molar-refractivity contribution is 5.27. The zero-order valence-electron chi connectivity index (χ0n) is 7.72. The van der Waals surface area contributed by atoms with E-state index in [2.05, 4.69) is 19.9 Å². The van der Waals surface area contributed by atoms with Gasteiger partial charge in [0.15, 0.2) is 0 Å². The number of nitriles is 1. The SMILES string of the molecule is CC1(C)CCC1(O)C1(C#N)CC1. The van der Waals surface area contributed by atoms with Crippen molar-refractivity contribution in [3.05, 3.63) is 0 Å². The summed E-state index contributed by atoms with van der Waals surface area (Å²) in [5.41, 5.74) is -1.11. The van der Waals surface area contributed by atoms with Crippen LogP contribution in [0.2, 0.25) is 0 Å². The van der Waals surface area contributed by atoms with Crippen molar-refractivity contribution >= 4 is 0 Å². The van der Waals surface area contributed by atoms with Crippen molar-refractivity contribution < 1.29 is 5.11 Å². The molecule has 1 unspecified atom stereocenters. The molecule has 0 heterocycles. The first-order valence-electron chi connectivity index (χ1n) is 4.61. The molecule has 2 saturated carbocycles. The molecule has 0 amide bonds. The highest BCUT2D eigenvalue weighted by Crippen LogP contribution is 2.67. The molecule has 0 aromatic carbocycles. The number of hydrogen-bond donors (Lipinski definition) is 1. The summed E-state index contributed by atoms with van der Waals surface area (Å²) in [4.78, 5) is 0. The van der Waals surface area contributed by atoms with E-state index in [0.717, 1.165) is 25.7 Å².